The highest BCUT2D eigenvalue weighted by molar-refractivity contribution is 5.85. The number of benzene rings is 1. The summed E-state index contributed by atoms with van der Waals surface area (Å²) in [6, 6.07) is 3.26. The van der Waals surface area contributed by atoms with Crippen molar-refractivity contribution in [1.29, 1.82) is 0 Å². The Hall–Kier alpha value is -2.09. The van der Waals surface area contributed by atoms with E-state index < -0.39 is 29.7 Å². The SMILES string of the molecule is O=C(O)C1COCC(=O)N1Cc1cccc(C(F)(F)F)c1. The summed E-state index contributed by atoms with van der Waals surface area (Å²) in [5, 5.41) is 9.03. The second kappa shape index (κ2) is 5.72. The van der Waals surface area contributed by atoms with Crippen LogP contribution in [0.1, 0.15) is 11.1 Å². The van der Waals surface area contributed by atoms with Crippen LogP contribution in [-0.4, -0.2) is 41.1 Å². The third kappa shape index (κ3) is 3.52. The monoisotopic (exact) mass is 303 g/mol. The van der Waals surface area contributed by atoms with Crippen LogP contribution in [0.4, 0.5) is 13.2 Å². The highest BCUT2D eigenvalue weighted by Gasteiger charge is 2.35. The molecule has 0 bridgehead atoms. The van der Waals surface area contributed by atoms with Crippen LogP contribution >= 0.6 is 0 Å². The predicted molar refractivity (Wildman–Crippen MR) is 64.2 cm³/mol. The van der Waals surface area contributed by atoms with Gasteiger partial charge < -0.3 is 14.7 Å². The van der Waals surface area contributed by atoms with Crippen LogP contribution in [-0.2, 0) is 27.0 Å². The average Bonchev–Trinajstić information content (AvgIpc) is 2.40. The maximum atomic E-state index is 12.6. The number of nitrogens with zero attached hydrogens (tertiary/aromatic N) is 1. The molecule has 0 radical (unpaired) electrons. The Labute approximate surface area is 117 Å². The number of rotatable bonds is 3. The molecule has 0 saturated carbocycles. The van der Waals surface area contributed by atoms with E-state index in [1.807, 2.05) is 0 Å². The fourth-order valence-electron chi connectivity index (χ4n) is 2.05. The summed E-state index contributed by atoms with van der Waals surface area (Å²) in [6.45, 7) is -0.661. The standard InChI is InChI=1S/C13H12F3NO4/c14-13(15,16)9-3-1-2-8(4-9)5-17-10(12(19)20)6-21-7-11(17)18/h1-4,10H,5-7H2,(H,19,20). The maximum absolute atomic E-state index is 12.6. The molecule has 0 aromatic heterocycles. The Balaban J connectivity index is 2.23. The molecule has 1 heterocycles. The summed E-state index contributed by atoms with van der Waals surface area (Å²) >= 11 is 0. The van der Waals surface area contributed by atoms with Gasteiger partial charge >= 0.3 is 12.1 Å². The molecule has 1 unspecified atom stereocenters. The van der Waals surface area contributed by atoms with Crippen LogP contribution in [0, 0.1) is 0 Å². The van der Waals surface area contributed by atoms with E-state index in [1.165, 1.54) is 12.1 Å². The lowest BCUT2D eigenvalue weighted by atomic mass is 10.1. The Bertz CT molecular complexity index is 559. The minimum atomic E-state index is -4.49. The van der Waals surface area contributed by atoms with Gasteiger partial charge in [-0.1, -0.05) is 12.1 Å². The van der Waals surface area contributed by atoms with E-state index in [9.17, 15) is 22.8 Å². The van der Waals surface area contributed by atoms with Gasteiger partial charge in [-0.3, -0.25) is 4.79 Å². The fraction of sp³-hybridized carbons (Fsp3) is 0.385. The summed E-state index contributed by atoms with van der Waals surface area (Å²) in [7, 11) is 0. The number of aliphatic carboxylic acids is 1. The molecule has 1 N–H and O–H groups in total. The third-order valence-corrected chi connectivity index (χ3v) is 3.09. The number of hydrogen-bond donors (Lipinski definition) is 1. The first kappa shape index (κ1) is 15.3. The molecule has 2 rings (SSSR count). The Morgan fingerprint density at radius 1 is 1.43 bits per heavy atom. The second-order valence-electron chi connectivity index (χ2n) is 4.59. The Morgan fingerprint density at radius 3 is 2.76 bits per heavy atom. The van der Waals surface area contributed by atoms with Crippen molar-refractivity contribution in [3.63, 3.8) is 0 Å². The molecule has 1 aromatic carbocycles. The molecule has 1 amide bonds. The number of ether oxygens (including phenoxy) is 1. The molecule has 21 heavy (non-hydrogen) atoms. The van der Waals surface area contributed by atoms with Crippen LogP contribution in [0.15, 0.2) is 24.3 Å². The van der Waals surface area contributed by atoms with E-state index in [-0.39, 0.29) is 25.3 Å². The lowest BCUT2D eigenvalue weighted by Gasteiger charge is -2.32. The molecule has 0 spiro atoms. The van der Waals surface area contributed by atoms with E-state index >= 15 is 0 Å². The normalized spacial score (nSPS) is 19.7. The molecule has 8 heteroatoms. The van der Waals surface area contributed by atoms with Crippen molar-refractivity contribution in [2.75, 3.05) is 13.2 Å². The quantitative estimate of drug-likeness (QED) is 0.919. The van der Waals surface area contributed by atoms with Gasteiger partial charge in [-0.25, -0.2) is 4.79 Å². The first-order valence-electron chi connectivity index (χ1n) is 6.05. The lowest BCUT2D eigenvalue weighted by molar-refractivity contribution is -0.163. The molecule has 1 aliphatic rings. The van der Waals surface area contributed by atoms with Gasteiger partial charge in [0.1, 0.15) is 6.61 Å². The molecule has 1 aromatic rings. The minimum absolute atomic E-state index is 0.181. The van der Waals surface area contributed by atoms with Gasteiger partial charge in [0, 0.05) is 6.54 Å². The minimum Gasteiger partial charge on any atom is -0.480 e. The van der Waals surface area contributed by atoms with E-state index in [2.05, 4.69) is 0 Å². The molecular weight excluding hydrogens is 291 g/mol. The number of morpholine rings is 1. The van der Waals surface area contributed by atoms with Gasteiger partial charge in [0.05, 0.1) is 12.2 Å². The number of carbonyl (C=O) groups excluding carboxylic acids is 1. The number of carboxylic acid groups (broad SMARTS) is 1. The van der Waals surface area contributed by atoms with Gasteiger partial charge in [-0.05, 0) is 17.7 Å². The van der Waals surface area contributed by atoms with Gasteiger partial charge in [0.25, 0.3) is 0 Å². The van der Waals surface area contributed by atoms with Crippen LogP contribution in [0.3, 0.4) is 0 Å². The molecule has 5 nitrogen and oxygen atoms in total. The number of hydrogen-bond acceptors (Lipinski definition) is 3. The van der Waals surface area contributed by atoms with Crippen LogP contribution < -0.4 is 0 Å². The van der Waals surface area contributed by atoms with Crippen molar-refractivity contribution in [2.24, 2.45) is 0 Å². The van der Waals surface area contributed by atoms with Gasteiger partial charge in [-0.2, -0.15) is 13.2 Å². The topological polar surface area (TPSA) is 66.8 Å². The van der Waals surface area contributed by atoms with Crippen molar-refractivity contribution in [2.45, 2.75) is 18.8 Å². The van der Waals surface area contributed by atoms with E-state index in [0.29, 0.717) is 0 Å². The summed E-state index contributed by atoms with van der Waals surface area (Å²) in [5.41, 5.74) is -0.626. The summed E-state index contributed by atoms with van der Waals surface area (Å²) in [6.07, 6.45) is -4.49. The first-order valence-corrected chi connectivity index (χ1v) is 6.05. The van der Waals surface area contributed by atoms with Gasteiger partial charge in [0.2, 0.25) is 5.91 Å². The molecule has 114 valence electrons. The van der Waals surface area contributed by atoms with E-state index in [0.717, 1.165) is 17.0 Å². The highest BCUT2D eigenvalue weighted by Crippen LogP contribution is 2.30. The Morgan fingerprint density at radius 2 is 2.14 bits per heavy atom. The fourth-order valence-corrected chi connectivity index (χ4v) is 2.05. The zero-order valence-electron chi connectivity index (χ0n) is 10.8. The second-order valence-corrected chi connectivity index (χ2v) is 4.59. The van der Waals surface area contributed by atoms with E-state index in [4.69, 9.17) is 9.84 Å². The summed E-state index contributed by atoms with van der Waals surface area (Å²) in [4.78, 5) is 23.8. The molecule has 1 atom stereocenters. The van der Waals surface area contributed by atoms with Crippen LogP contribution in [0.5, 0.6) is 0 Å². The van der Waals surface area contributed by atoms with Crippen molar-refractivity contribution < 1.29 is 32.6 Å². The van der Waals surface area contributed by atoms with Gasteiger partial charge in [0.15, 0.2) is 6.04 Å². The number of carbonyl (C=O) groups is 2. The van der Waals surface area contributed by atoms with Crippen molar-refractivity contribution >= 4 is 11.9 Å². The first-order chi connectivity index (χ1) is 9.79. The zero-order chi connectivity index (χ0) is 15.6. The number of amides is 1. The number of carboxylic acids is 1. The number of alkyl halides is 3. The summed E-state index contributed by atoms with van der Waals surface area (Å²) in [5.74, 6) is -1.82. The molecule has 1 aliphatic heterocycles. The highest BCUT2D eigenvalue weighted by atomic mass is 19.4. The Kier molecular flexibility index (Phi) is 4.17. The van der Waals surface area contributed by atoms with Crippen LogP contribution in [0.2, 0.25) is 0 Å². The van der Waals surface area contributed by atoms with Crippen molar-refractivity contribution in [3.05, 3.63) is 35.4 Å². The molecule has 1 saturated heterocycles. The zero-order valence-corrected chi connectivity index (χ0v) is 10.8. The third-order valence-electron chi connectivity index (χ3n) is 3.09. The van der Waals surface area contributed by atoms with Crippen molar-refractivity contribution in [1.82, 2.24) is 4.90 Å². The smallest absolute Gasteiger partial charge is 0.416 e. The summed E-state index contributed by atoms with van der Waals surface area (Å²) < 4.78 is 42.7. The predicted octanol–water partition coefficient (Wildman–Crippen LogP) is 1.52. The largest absolute Gasteiger partial charge is 0.480 e. The van der Waals surface area contributed by atoms with Gasteiger partial charge in [-0.15, -0.1) is 0 Å². The van der Waals surface area contributed by atoms with Crippen molar-refractivity contribution in [3.8, 4) is 0 Å². The maximum Gasteiger partial charge on any atom is 0.416 e. The van der Waals surface area contributed by atoms with Crippen LogP contribution in [0.25, 0.3) is 0 Å². The number of halogens is 3. The van der Waals surface area contributed by atoms with E-state index in [1.54, 1.807) is 0 Å². The lowest BCUT2D eigenvalue weighted by Crippen LogP contribution is -2.52. The average molecular weight is 303 g/mol. The molecular formula is C13H12F3NO4. The molecule has 1 fully saturated rings. The molecule has 0 aliphatic carbocycles.